The number of hydrogen-bond donors (Lipinski definition) is 1. The minimum Gasteiger partial charge on any atom is -0.432 e. The molecule has 0 saturated carbocycles. The fourth-order valence-corrected chi connectivity index (χ4v) is 1.84. The Balaban J connectivity index is 2.60. The van der Waals surface area contributed by atoms with E-state index in [2.05, 4.69) is 16.6 Å². The molecule has 1 aliphatic rings. The second kappa shape index (κ2) is 5.56. The smallest absolute Gasteiger partial charge is 0.358 e. The van der Waals surface area contributed by atoms with Crippen molar-refractivity contribution in [2.75, 3.05) is 18.9 Å². The van der Waals surface area contributed by atoms with Crippen LogP contribution < -0.4 is 5.32 Å². The number of ether oxygens (including phenoxy) is 2. The van der Waals surface area contributed by atoms with Crippen LogP contribution in [-0.2, 0) is 24.5 Å². The van der Waals surface area contributed by atoms with Crippen LogP contribution in [0.2, 0.25) is 0 Å². The molecule has 1 aliphatic heterocycles. The van der Waals surface area contributed by atoms with Crippen molar-refractivity contribution in [2.24, 2.45) is 0 Å². The van der Waals surface area contributed by atoms with Gasteiger partial charge in [0.05, 0.1) is 12.9 Å². The van der Waals surface area contributed by atoms with Gasteiger partial charge in [0.2, 0.25) is 5.72 Å². The Labute approximate surface area is 99.0 Å². The highest BCUT2D eigenvalue weighted by Gasteiger charge is 2.43. The highest BCUT2D eigenvalue weighted by molar-refractivity contribution is 7.86. The molecule has 0 radical (unpaired) electrons. The largest absolute Gasteiger partial charge is 0.432 e. The summed E-state index contributed by atoms with van der Waals surface area (Å²) in [5, 5.41) is 2.78. The third-order valence-corrected chi connectivity index (χ3v) is 2.97. The number of halogens is 1. The molecular weight excluding hydrogens is 253 g/mol. The average molecular weight is 267 g/mol. The van der Waals surface area contributed by atoms with Crippen LogP contribution in [0.15, 0.2) is 12.8 Å². The third-order valence-electron chi connectivity index (χ3n) is 2.31. The quantitative estimate of drug-likeness (QED) is 0.416. The van der Waals surface area contributed by atoms with Gasteiger partial charge >= 0.3 is 16.2 Å². The zero-order chi connectivity index (χ0) is 12.9. The second-order valence-corrected chi connectivity index (χ2v) is 5.01. The Hall–Kier alpha value is -0.990. The van der Waals surface area contributed by atoms with Crippen molar-refractivity contribution in [3.63, 3.8) is 0 Å². The molecule has 1 saturated heterocycles. The molecule has 17 heavy (non-hydrogen) atoms. The third kappa shape index (κ3) is 4.06. The van der Waals surface area contributed by atoms with Crippen LogP contribution in [0.4, 0.5) is 3.89 Å². The van der Waals surface area contributed by atoms with Gasteiger partial charge in [-0.2, -0.15) is 8.42 Å². The van der Waals surface area contributed by atoms with E-state index in [0.717, 1.165) is 6.26 Å². The van der Waals surface area contributed by atoms with Gasteiger partial charge in [-0.3, -0.25) is 5.32 Å². The van der Waals surface area contributed by atoms with Gasteiger partial charge < -0.3 is 9.47 Å². The summed E-state index contributed by atoms with van der Waals surface area (Å²) in [5.41, 5.74) is -1.39. The first kappa shape index (κ1) is 14.1. The SMILES string of the molecule is C=COC(=O)[C@]1(OCCS(=O)(=O)F)CCCN1. The summed E-state index contributed by atoms with van der Waals surface area (Å²) in [5.74, 6) is -1.50. The van der Waals surface area contributed by atoms with Gasteiger partial charge in [0.25, 0.3) is 0 Å². The number of carbonyl (C=O) groups excluding carboxylic acids is 1. The lowest BCUT2D eigenvalue weighted by Crippen LogP contribution is -2.51. The van der Waals surface area contributed by atoms with E-state index >= 15 is 0 Å². The van der Waals surface area contributed by atoms with Crippen LogP contribution in [0.1, 0.15) is 12.8 Å². The molecule has 0 aromatic heterocycles. The molecule has 0 unspecified atom stereocenters. The zero-order valence-corrected chi connectivity index (χ0v) is 9.96. The lowest BCUT2D eigenvalue weighted by atomic mass is 10.1. The summed E-state index contributed by atoms with van der Waals surface area (Å²) in [6.07, 6.45) is 1.97. The molecule has 1 N–H and O–H groups in total. The monoisotopic (exact) mass is 267 g/mol. The predicted molar refractivity (Wildman–Crippen MR) is 57.1 cm³/mol. The molecule has 0 spiro atoms. The van der Waals surface area contributed by atoms with E-state index < -0.39 is 34.3 Å². The van der Waals surface area contributed by atoms with Gasteiger partial charge in [-0.05, 0) is 13.0 Å². The van der Waals surface area contributed by atoms with Crippen molar-refractivity contribution in [3.05, 3.63) is 12.8 Å². The van der Waals surface area contributed by atoms with E-state index in [1.54, 1.807) is 0 Å². The van der Waals surface area contributed by atoms with Gasteiger partial charge in [0, 0.05) is 6.42 Å². The van der Waals surface area contributed by atoms with E-state index in [-0.39, 0.29) is 0 Å². The lowest BCUT2D eigenvalue weighted by molar-refractivity contribution is -0.168. The van der Waals surface area contributed by atoms with Crippen molar-refractivity contribution in [3.8, 4) is 0 Å². The molecular formula is C9H14FNO5S. The number of esters is 1. The van der Waals surface area contributed by atoms with Gasteiger partial charge in [0.1, 0.15) is 5.75 Å². The maximum atomic E-state index is 12.3. The first-order chi connectivity index (χ1) is 7.90. The number of carbonyl (C=O) groups is 1. The molecule has 0 bridgehead atoms. The summed E-state index contributed by atoms with van der Waals surface area (Å²) in [6, 6.07) is 0. The van der Waals surface area contributed by atoms with Gasteiger partial charge in [-0.25, -0.2) is 4.79 Å². The Kier molecular flexibility index (Phi) is 4.61. The van der Waals surface area contributed by atoms with Crippen LogP contribution in [0.25, 0.3) is 0 Å². The fraction of sp³-hybridized carbons (Fsp3) is 0.667. The highest BCUT2D eigenvalue weighted by atomic mass is 32.3. The Morgan fingerprint density at radius 2 is 2.29 bits per heavy atom. The first-order valence-corrected chi connectivity index (χ1v) is 6.58. The zero-order valence-electron chi connectivity index (χ0n) is 9.15. The van der Waals surface area contributed by atoms with Gasteiger partial charge in [-0.15, -0.1) is 3.89 Å². The van der Waals surface area contributed by atoms with Gasteiger partial charge in [-0.1, -0.05) is 6.58 Å². The number of nitrogens with one attached hydrogen (secondary N) is 1. The molecule has 1 atom stereocenters. The van der Waals surface area contributed by atoms with E-state index in [1.807, 2.05) is 0 Å². The van der Waals surface area contributed by atoms with Crippen molar-refractivity contribution >= 4 is 16.2 Å². The molecule has 0 aliphatic carbocycles. The fourth-order valence-electron chi connectivity index (χ4n) is 1.56. The maximum absolute atomic E-state index is 12.3. The van der Waals surface area contributed by atoms with E-state index in [9.17, 15) is 17.1 Å². The molecule has 0 amide bonds. The highest BCUT2D eigenvalue weighted by Crippen LogP contribution is 2.22. The Morgan fingerprint density at radius 1 is 1.59 bits per heavy atom. The van der Waals surface area contributed by atoms with Crippen LogP contribution >= 0.6 is 0 Å². The minimum absolute atomic E-state index is 0.339. The molecule has 1 rings (SSSR count). The number of rotatable bonds is 6. The van der Waals surface area contributed by atoms with Gasteiger partial charge in [0.15, 0.2) is 0 Å². The average Bonchev–Trinajstić information content (AvgIpc) is 2.66. The Bertz CT molecular complexity index is 388. The number of hydrogen-bond acceptors (Lipinski definition) is 6. The van der Waals surface area contributed by atoms with E-state index in [4.69, 9.17) is 4.74 Å². The molecule has 6 nitrogen and oxygen atoms in total. The van der Waals surface area contributed by atoms with E-state index in [0.29, 0.717) is 19.4 Å². The molecule has 0 aromatic rings. The summed E-state index contributed by atoms with van der Waals surface area (Å²) in [7, 11) is -4.61. The van der Waals surface area contributed by atoms with Crippen molar-refractivity contribution in [2.45, 2.75) is 18.6 Å². The topological polar surface area (TPSA) is 81.7 Å². The van der Waals surface area contributed by atoms with Crippen LogP contribution in [0, 0.1) is 0 Å². The molecule has 8 heteroatoms. The summed E-state index contributed by atoms with van der Waals surface area (Å²) in [6.45, 7) is 3.36. The van der Waals surface area contributed by atoms with Crippen LogP contribution in [0.3, 0.4) is 0 Å². The van der Waals surface area contributed by atoms with Crippen molar-refractivity contribution < 1.29 is 26.6 Å². The lowest BCUT2D eigenvalue weighted by Gasteiger charge is -2.26. The van der Waals surface area contributed by atoms with Crippen LogP contribution in [0.5, 0.6) is 0 Å². The van der Waals surface area contributed by atoms with E-state index in [1.165, 1.54) is 0 Å². The molecule has 0 aromatic carbocycles. The summed E-state index contributed by atoms with van der Waals surface area (Å²) in [4.78, 5) is 11.6. The standard InChI is InChI=1S/C9H14FNO5S/c1-2-15-8(12)9(4-3-5-11-9)16-6-7-17(10,13)14/h2,11H,1,3-7H2/t9-/m1/s1. The second-order valence-electron chi connectivity index (χ2n) is 3.52. The Morgan fingerprint density at radius 3 is 2.76 bits per heavy atom. The minimum atomic E-state index is -4.61. The maximum Gasteiger partial charge on any atom is 0.358 e. The molecule has 1 heterocycles. The summed E-state index contributed by atoms with van der Waals surface area (Å²) < 4.78 is 42.6. The molecule has 1 fully saturated rings. The predicted octanol–water partition coefficient (Wildman–Crippen LogP) is 0.0687. The van der Waals surface area contributed by atoms with Crippen LogP contribution in [-0.4, -0.2) is 39.0 Å². The summed E-state index contributed by atoms with van der Waals surface area (Å²) >= 11 is 0. The normalized spacial score (nSPS) is 24.5. The van der Waals surface area contributed by atoms with Crippen molar-refractivity contribution in [1.29, 1.82) is 0 Å². The molecule has 98 valence electrons. The first-order valence-electron chi connectivity index (χ1n) is 5.03. The van der Waals surface area contributed by atoms with Crippen molar-refractivity contribution in [1.82, 2.24) is 5.32 Å².